The molecule has 0 spiro atoms. The van der Waals surface area contributed by atoms with Gasteiger partial charge in [-0.1, -0.05) is 6.58 Å². The normalized spacial score (nSPS) is 23.1. The summed E-state index contributed by atoms with van der Waals surface area (Å²) in [5.41, 5.74) is 1.91. The molecule has 216 valence electrons. The number of anilines is 1. The number of nitrogens with zero attached hydrogens (tertiary/aromatic N) is 5. The van der Waals surface area contributed by atoms with Crippen LogP contribution in [0, 0.1) is 18.6 Å². The van der Waals surface area contributed by atoms with Crippen molar-refractivity contribution in [3.63, 3.8) is 0 Å². The van der Waals surface area contributed by atoms with Crippen LogP contribution in [0.15, 0.2) is 46.6 Å². The summed E-state index contributed by atoms with van der Waals surface area (Å²) in [6.07, 6.45) is 0.452. The maximum absolute atomic E-state index is 15.1. The lowest BCUT2D eigenvalue weighted by Crippen LogP contribution is -2.58. The largest absolute Gasteiger partial charge is 0.350 e. The minimum atomic E-state index is -0.860. The van der Waals surface area contributed by atoms with Gasteiger partial charge in [0.05, 0.1) is 11.6 Å². The van der Waals surface area contributed by atoms with Crippen LogP contribution >= 0.6 is 11.8 Å². The van der Waals surface area contributed by atoms with Gasteiger partial charge in [-0.2, -0.15) is 4.98 Å². The van der Waals surface area contributed by atoms with E-state index in [1.54, 1.807) is 9.47 Å². The monoisotopic (exact) mass is 583 g/mol. The number of piperazine rings is 1. The van der Waals surface area contributed by atoms with Gasteiger partial charge >= 0.3 is 5.69 Å². The first-order valence-corrected chi connectivity index (χ1v) is 14.8. The van der Waals surface area contributed by atoms with Crippen molar-refractivity contribution in [2.75, 3.05) is 43.4 Å². The fraction of sp³-hybridized carbons (Fsp3) is 0.433. The molecule has 0 bridgehead atoms. The number of alkyl halides is 1. The Labute approximate surface area is 240 Å². The molecule has 1 unspecified atom stereocenters. The predicted molar refractivity (Wildman–Crippen MR) is 155 cm³/mol. The molecule has 1 amide bonds. The Morgan fingerprint density at radius 2 is 1.90 bits per heavy atom. The number of halogens is 3. The smallest absolute Gasteiger partial charge is 0.349 e. The standard InChI is InChI=1S/C30H32F3N5O2S/c1-5-25(39)36-10-18(4)37(11-17(36)3)29-23-8-16(2)26(22-7-6-19(31)9-24(22)33)28-27(23)38(30(40)34-29)21(15-41-28)14-35-12-20(32)13-35/h5-9,17-18,20-21H,1,10-15H2,2-4H3/t17-,18+,21?/m1/s1. The van der Waals surface area contributed by atoms with Gasteiger partial charge in [0.25, 0.3) is 0 Å². The maximum Gasteiger partial charge on any atom is 0.350 e. The zero-order valence-electron chi connectivity index (χ0n) is 23.2. The van der Waals surface area contributed by atoms with E-state index >= 15 is 4.39 Å². The molecular weight excluding hydrogens is 551 g/mol. The van der Waals surface area contributed by atoms with E-state index in [9.17, 15) is 18.4 Å². The van der Waals surface area contributed by atoms with Gasteiger partial charge in [-0.05, 0) is 50.6 Å². The van der Waals surface area contributed by atoms with Gasteiger partial charge in [0.15, 0.2) is 0 Å². The van der Waals surface area contributed by atoms with E-state index in [1.807, 2.05) is 31.7 Å². The summed E-state index contributed by atoms with van der Waals surface area (Å²) in [5.74, 6) is -0.416. The Balaban J connectivity index is 1.55. The molecular formula is C30H32F3N5O2S. The molecule has 3 aliphatic rings. The third-order valence-electron chi connectivity index (χ3n) is 8.42. The highest BCUT2D eigenvalue weighted by Crippen LogP contribution is 2.47. The van der Waals surface area contributed by atoms with E-state index < -0.39 is 23.5 Å². The molecule has 7 nitrogen and oxygen atoms in total. The van der Waals surface area contributed by atoms with E-state index in [2.05, 4.69) is 16.5 Å². The lowest BCUT2D eigenvalue weighted by molar-refractivity contribution is -0.128. The molecule has 2 fully saturated rings. The van der Waals surface area contributed by atoms with Gasteiger partial charge in [0.1, 0.15) is 23.6 Å². The van der Waals surface area contributed by atoms with Gasteiger partial charge in [-0.3, -0.25) is 14.3 Å². The molecule has 2 aromatic carbocycles. The van der Waals surface area contributed by atoms with Gasteiger partial charge in [-0.15, -0.1) is 11.8 Å². The number of carbonyl (C=O) groups is 1. The summed E-state index contributed by atoms with van der Waals surface area (Å²) < 4.78 is 44.3. The van der Waals surface area contributed by atoms with Crippen molar-refractivity contribution in [1.29, 1.82) is 0 Å². The van der Waals surface area contributed by atoms with Crippen molar-refractivity contribution >= 4 is 34.4 Å². The SMILES string of the molecule is C=CC(=O)N1C[C@H](C)N(c2nc(=O)n3c4c(c(-c5ccc(F)cc5F)c(C)cc24)SCC3CN2CC(F)C2)C[C@H]1C. The molecule has 3 atom stereocenters. The van der Waals surface area contributed by atoms with Crippen LogP contribution in [0.1, 0.15) is 25.5 Å². The van der Waals surface area contributed by atoms with Crippen LogP contribution < -0.4 is 10.6 Å². The number of hydrogen-bond acceptors (Lipinski definition) is 6. The molecule has 3 aromatic rings. The van der Waals surface area contributed by atoms with Crippen molar-refractivity contribution < 1.29 is 18.0 Å². The van der Waals surface area contributed by atoms with Crippen LogP contribution in [0.5, 0.6) is 0 Å². The molecule has 0 saturated carbocycles. The van der Waals surface area contributed by atoms with E-state index in [4.69, 9.17) is 0 Å². The van der Waals surface area contributed by atoms with Crippen LogP contribution in [0.2, 0.25) is 0 Å². The number of amides is 1. The highest BCUT2D eigenvalue weighted by Gasteiger charge is 2.37. The average molecular weight is 584 g/mol. The second-order valence-electron chi connectivity index (χ2n) is 11.3. The summed E-state index contributed by atoms with van der Waals surface area (Å²) in [4.78, 5) is 37.5. The zero-order valence-corrected chi connectivity index (χ0v) is 24.1. The second kappa shape index (κ2) is 10.5. The molecule has 0 aliphatic carbocycles. The Bertz CT molecular complexity index is 1620. The molecule has 41 heavy (non-hydrogen) atoms. The number of rotatable bonds is 5. The Kier molecular flexibility index (Phi) is 7.14. The van der Waals surface area contributed by atoms with E-state index in [-0.39, 0.29) is 29.6 Å². The highest BCUT2D eigenvalue weighted by molar-refractivity contribution is 7.99. The molecule has 11 heteroatoms. The quantitative estimate of drug-likeness (QED) is 0.411. The summed E-state index contributed by atoms with van der Waals surface area (Å²) in [6, 6.07) is 4.96. The van der Waals surface area contributed by atoms with Crippen molar-refractivity contribution in [1.82, 2.24) is 19.4 Å². The van der Waals surface area contributed by atoms with Crippen molar-refractivity contribution in [2.45, 2.75) is 50.0 Å². The van der Waals surface area contributed by atoms with E-state index in [0.29, 0.717) is 55.4 Å². The predicted octanol–water partition coefficient (Wildman–Crippen LogP) is 4.56. The first-order valence-electron chi connectivity index (χ1n) is 13.8. The first kappa shape index (κ1) is 27.8. The number of hydrogen-bond donors (Lipinski definition) is 0. The highest BCUT2D eigenvalue weighted by atomic mass is 32.2. The number of likely N-dealkylation sites (tertiary alicyclic amines) is 1. The fourth-order valence-electron chi connectivity index (χ4n) is 6.40. The Morgan fingerprint density at radius 3 is 2.59 bits per heavy atom. The topological polar surface area (TPSA) is 61.7 Å². The van der Waals surface area contributed by atoms with Gasteiger partial charge < -0.3 is 9.80 Å². The van der Waals surface area contributed by atoms with Crippen LogP contribution in [-0.4, -0.2) is 82.0 Å². The molecule has 2 saturated heterocycles. The van der Waals surface area contributed by atoms with E-state index in [1.165, 1.54) is 30.0 Å². The van der Waals surface area contributed by atoms with E-state index in [0.717, 1.165) is 21.9 Å². The molecule has 6 rings (SSSR count). The van der Waals surface area contributed by atoms with Gasteiger partial charge in [0, 0.05) is 78.0 Å². The molecule has 0 N–H and O–H groups in total. The lowest BCUT2D eigenvalue weighted by Gasteiger charge is -2.45. The summed E-state index contributed by atoms with van der Waals surface area (Å²) in [7, 11) is 0. The molecule has 3 aliphatic heterocycles. The number of thioether (sulfide) groups is 1. The van der Waals surface area contributed by atoms with Gasteiger partial charge in [0.2, 0.25) is 5.91 Å². The summed E-state index contributed by atoms with van der Waals surface area (Å²) in [6.45, 7) is 11.5. The van der Waals surface area contributed by atoms with Gasteiger partial charge in [-0.25, -0.2) is 18.0 Å². The number of aryl methyl sites for hydroxylation is 1. The van der Waals surface area contributed by atoms with Crippen LogP contribution in [0.4, 0.5) is 19.0 Å². The Morgan fingerprint density at radius 1 is 1.15 bits per heavy atom. The maximum atomic E-state index is 15.1. The van der Waals surface area contributed by atoms with Crippen molar-refractivity contribution in [2.24, 2.45) is 0 Å². The summed E-state index contributed by atoms with van der Waals surface area (Å²) in [5, 5.41) is 0.759. The minimum Gasteiger partial charge on any atom is -0.349 e. The van der Waals surface area contributed by atoms with Crippen molar-refractivity contribution in [3.8, 4) is 11.1 Å². The third-order valence-corrected chi connectivity index (χ3v) is 9.66. The van der Waals surface area contributed by atoms with Crippen LogP contribution in [-0.2, 0) is 4.79 Å². The van der Waals surface area contributed by atoms with Crippen molar-refractivity contribution in [3.05, 3.63) is 64.6 Å². The molecule has 4 heterocycles. The summed E-state index contributed by atoms with van der Waals surface area (Å²) >= 11 is 1.54. The zero-order chi connectivity index (χ0) is 29.2. The van der Waals surface area contributed by atoms with Crippen LogP contribution in [0.25, 0.3) is 22.0 Å². The molecule has 0 radical (unpaired) electrons. The second-order valence-corrected chi connectivity index (χ2v) is 12.4. The minimum absolute atomic E-state index is 0.131. The fourth-order valence-corrected chi connectivity index (χ4v) is 7.77. The Hall–Kier alpha value is -3.31. The lowest BCUT2D eigenvalue weighted by atomic mass is 9.96. The molecule has 1 aromatic heterocycles. The number of benzene rings is 2. The van der Waals surface area contributed by atoms with Crippen LogP contribution in [0.3, 0.4) is 0 Å². The third kappa shape index (κ3) is 4.72. The first-order chi connectivity index (χ1) is 19.6. The average Bonchev–Trinajstić information content (AvgIpc) is 2.91. The number of carbonyl (C=O) groups excluding carboxylic acids is 1. The number of aromatic nitrogens is 2.